The van der Waals surface area contributed by atoms with Gasteiger partial charge in [0, 0.05) is 52.4 Å². The molecule has 0 saturated carbocycles. The molecule has 238 valence electrons. The molecule has 3 aromatic heterocycles. The number of carboxylic acid groups (broad SMARTS) is 1. The van der Waals surface area contributed by atoms with Crippen molar-refractivity contribution in [3.8, 4) is 17.3 Å². The lowest BCUT2D eigenvalue weighted by atomic mass is 10.0. The summed E-state index contributed by atoms with van der Waals surface area (Å²) in [5.41, 5.74) is 9.31. The molecule has 0 spiro atoms. The third-order valence-electron chi connectivity index (χ3n) is 7.11. The van der Waals surface area contributed by atoms with Crippen molar-refractivity contribution in [2.24, 2.45) is 5.16 Å². The number of aliphatic carboxylic acids is 1. The van der Waals surface area contributed by atoms with Gasteiger partial charge in [0.15, 0.2) is 30.3 Å². The normalized spacial score (nSPS) is 17.5. The molecule has 2 aliphatic heterocycles. The first-order valence-corrected chi connectivity index (χ1v) is 15.5. The molecule has 0 aromatic carbocycles. The number of thioether (sulfide) groups is 1. The number of fused-ring (bicyclic) bond motifs is 1. The van der Waals surface area contributed by atoms with Crippen molar-refractivity contribution in [2.45, 2.75) is 38.4 Å². The molecule has 2 aliphatic rings. The number of hydrogen-bond acceptors (Lipinski definition) is 12. The highest BCUT2D eigenvalue weighted by Crippen LogP contribution is 2.40. The highest BCUT2D eigenvalue weighted by atomic mass is 32.2. The maximum absolute atomic E-state index is 13.2. The second kappa shape index (κ2) is 13.7. The van der Waals surface area contributed by atoms with E-state index in [0.717, 1.165) is 33.9 Å². The number of nitrogen functional groups attached to an aromatic ring is 1. The zero-order chi connectivity index (χ0) is 33.0. The summed E-state index contributed by atoms with van der Waals surface area (Å²) < 4.78 is 5.80. The summed E-state index contributed by atoms with van der Waals surface area (Å²) >= 11 is 2.21. The molecule has 1 saturated heterocycles. The molecule has 46 heavy (non-hydrogen) atoms. The van der Waals surface area contributed by atoms with Gasteiger partial charge in [-0.2, -0.15) is 14.6 Å². The number of pyridine rings is 1. The Hall–Kier alpha value is -5.48. The first-order chi connectivity index (χ1) is 22.1. The van der Waals surface area contributed by atoms with Gasteiger partial charge in [0.2, 0.25) is 11.5 Å². The van der Waals surface area contributed by atoms with Gasteiger partial charge in [-0.1, -0.05) is 5.16 Å². The molecular weight excluding hydrogens is 639 g/mol. The van der Waals surface area contributed by atoms with E-state index in [1.807, 2.05) is 47.5 Å². The minimum atomic E-state index is -1.25. The van der Waals surface area contributed by atoms with Crippen LogP contribution in [0.15, 0.2) is 47.1 Å². The molecule has 0 radical (unpaired) electrons. The molecule has 0 bridgehead atoms. The first kappa shape index (κ1) is 31.9. The summed E-state index contributed by atoms with van der Waals surface area (Å²) in [6, 6.07) is 2.16. The van der Waals surface area contributed by atoms with Gasteiger partial charge in [-0.15, -0.1) is 11.8 Å². The highest BCUT2D eigenvalue weighted by molar-refractivity contribution is 8.00. The van der Waals surface area contributed by atoms with E-state index in [1.165, 1.54) is 16.7 Å². The van der Waals surface area contributed by atoms with E-state index in [-0.39, 0.29) is 42.1 Å². The fourth-order valence-electron chi connectivity index (χ4n) is 4.91. The fraction of sp³-hybridized carbons (Fsp3) is 0.296. The quantitative estimate of drug-likeness (QED) is 0.0402. The second-order valence-electron chi connectivity index (χ2n) is 9.92. The van der Waals surface area contributed by atoms with E-state index in [9.17, 15) is 24.3 Å². The number of H-pyrrole nitrogens is 1. The number of carbonyl (C=O) groups is 4. The number of nitrogens with two attached hydrogens (primary N) is 1. The average Bonchev–Trinajstić information content (AvgIpc) is 3.63. The lowest BCUT2D eigenvalue weighted by molar-refractivity contribution is -0.689. The monoisotopic (exact) mass is 666 g/mol. The molecule has 4 amide bonds. The van der Waals surface area contributed by atoms with Crippen molar-refractivity contribution >= 4 is 58.0 Å². The number of nitrogens with zero attached hydrogens (tertiary/aromatic N) is 6. The van der Waals surface area contributed by atoms with Crippen molar-refractivity contribution in [3.05, 3.63) is 59.1 Å². The Bertz CT molecular complexity index is 1790. The predicted octanol–water partition coefficient (Wildman–Crippen LogP) is 0.171. The Kier molecular flexibility index (Phi) is 9.48. The van der Waals surface area contributed by atoms with Crippen molar-refractivity contribution in [2.75, 3.05) is 18.1 Å². The van der Waals surface area contributed by atoms with Crippen molar-refractivity contribution in [3.63, 3.8) is 0 Å². The number of urea groups is 1. The lowest BCUT2D eigenvalue weighted by Crippen LogP contribution is -2.71. The number of oxime groups is 1. The van der Waals surface area contributed by atoms with E-state index in [2.05, 4.69) is 30.1 Å². The molecule has 2 unspecified atom stereocenters. The molecular formula is C27H28N11O6S2+. The Balaban J connectivity index is 1.27. The maximum atomic E-state index is 13.2. The van der Waals surface area contributed by atoms with Crippen LogP contribution in [-0.4, -0.2) is 77.6 Å². The number of nitrogens with one attached hydrogen (secondary N) is 4. The van der Waals surface area contributed by atoms with E-state index >= 15 is 0 Å². The number of anilines is 1. The molecule has 17 nitrogen and oxygen atoms in total. The summed E-state index contributed by atoms with van der Waals surface area (Å²) in [6.45, 7) is 4.19. The van der Waals surface area contributed by atoms with Crippen molar-refractivity contribution in [1.82, 2.24) is 35.2 Å². The minimum absolute atomic E-state index is 0.0463. The van der Waals surface area contributed by atoms with E-state index in [0.29, 0.717) is 11.3 Å². The number of aromatic nitrogens is 4. The molecule has 5 rings (SSSR count). The van der Waals surface area contributed by atoms with Crippen LogP contribution < -0.4 is 26.3 Å². The summed E-state index contributed by atoms with van der Waals surface area (Å²) in [7, 11) is 0. The van der Waals surface area contributed by atoms with Gasteiger partial charge in [-0.3, -0.25) is 14.5 Å². The lowest BCUT2D eigenvalue weighted by Gasteiger charge is -2.49. The van der Waals surface area contributed by atoms with Crippen molar-refractivity contribution in [1.29, 1.82) is 5.26 Å². The molecule has 1 fully saturated rings. The number of amides is 4. The van der Waals surface area contributed by atoms with Gasteiger partial charge in [0.1, 0.15) is 23.7 Å². The Labute approximate surface area is 269 Å². The number of nitriles is 1. The predicted molar refractivity (Wildman–Crippen MR) is 164 cm³/mol. The van der Waals surface area contributed by atoms with Crippen LogP contribution in [0.4, 0.5) is 9.93 Å². The zero-order valence-corrected chi connectivity index (χ0v) is 26.1. The van der Waals surface area contributed by atoms with Gasteiger partial charge in [0.25, 0.3) is 11.8 Å². The van der Waals surface area contributed by atoms with Crippen LogP contribution in [0.25, 0.3) is 11.1 Å². The minimum Gasteiger partial charge on any atom is -0.477 e. The fourth-order valence-corrected chi connectivity index (χ4v) is 6.68. The van der Waals surface area contributed by atoms with Crippen LogP contribution >= 0.6 is 23.3 Å². The molecule has 7 N–H and O–H groups in total. The van der Waals surface area contributed by atoms with Crippen LogP contribution in [0.2, 0.25) is 0 Å². The Morgan fingerprint density at radius 3 is 2.76 bits per heavy atom. The van der Waals surface area contributed by atoms with Crippen LogP contribution in [0.5, 0.6) is 0 Å². The van der Waals surface area contributed by atoms with Gasteiger partial charge >= 0.3 is 12.0 Å². The van der Waals surface area contributed by atoms with E-state index < -0.39 is 35.2 Å². The Morgan fingerprint density at radius 1 is 1.35 bits per heavy atom. The number of carbonyl (C=O) groups excluding carboxylic acids is 3. The number of carboxylic acids is 1. The van der Waals surface area contributed by atoms with Crippen LogP contribution in [-0.2, 0) is 32.3 Å². The largest absolute Gasteiger partial charge is 0.477 e. The van der Waals surface area contributed by atoms with Gasteiger partial charge in [0.05, 0.1) is 6.54 Å². The van der Waals surface area contributed by atoms with Crippen LogP contribution in [0.1, 0.15) is 24.0 Å². The number of hydrogen-bond donors (Lipinski definition) is 6. The topological polar surface area (TPSA) is 245 Å². The third kappa shape index (κ3) is 6.47. The van der Waals surface area contributed by atoms with Crippen molar-refractivity contribution < 1.29 is 33.7 Å². The smallest absolute Gasteiger partial charge is 0.352 e. The third-order valence-corrected chi connectivity index (χ3v) is 8.99. The first-order valence-electron chi connectivity index (χ1n) is 13.7. The summed E-state index contributed by atoms with van der Waals surface area (Å²) in [6.07, 6.45) is 7.00. The van der Waals surface area contributed by atoms with E-state index in [1.54, 1.807) is 13.1 Å². The van der Waals surface area contributed by atoms with Gasteiger partial charge in [-0.05, 0) is 25.0 Å². The molecule has 0 aliphatic carbocycles. The number of β-lactam (4-membered cyclic amide) rings is 1. The van der Waals surface area contributed by atoms with Gasteiger partial charge in [-0.25, -0.2) is 19.5 Å². The highest BCUT2D eigenvalue weighted by Gasteiger charge is 2.55. The molecule has 2 atom stereocenters. The second-order valence-corrected chi connectivity index (χ2v) is 11.8. The van der Waals surface area contributed by atoms with Crippen LogP contribution in [0, 0.1) is 18.4 Å². The average molecular weight is 667 g/mol. The number of rotatable bonds is 11. The van der Waals surface area contributed by atoms with E-state index in [4.69, 9.17) is 15.8 Å². The summed E-state index contributed by atoms with van der Waals surface area (Å²) in [5, 5.41) is 29.1. The molecule has 3 aromatic rings. The van der Waals surface area contributed by atoms with Gasteiger partial charge < -0.3 is 31.3 Å². The van der Waals surface area contributed by atoms with Crippen LogP contribution in [0.3, 0.4) is 0 Å². The molecule has 19 heteroatoms. The summed E-state index contributed by atoms with van der Waals surface area (Å²) in [5.74, 6) is -2.30. The zero-order valence-electron chi connectivity index (χ0n) is 24.4. The molecule has 5 heterocycles. The Morgan fingerprint density at radius 2 is 2.11 bits per heavy atom. The number of aromatic amines is 1. The SMILES string of the molecule is CCON=C(C(=O)NC1C(=O)N2C(C(=O)O)=C(C[n+]3ccc(-c4c[nH]c(CNC(=O)NC#N)c4C)cc3)CSC12)c1nsc(N)n1. The standard InChI is InChI=1S/C27H27N11O6S2/c1-3-44-35-18(21-34-26(29)46-36-21)22(39)33-19-23(40)38-20(25(41)42)15(11-45-24(19)38)10-37-6-4-14(5-7-37)16-8-30-17(13(16)2)9-31-27(43)32-12-28/h4-8,19,24H,3,9-11H2,1-2H3,(H6,29,31,32,33,34,36,39,41,42,43)/p+1. The summed E-state index contributed by atoms with van der Waals surface area (Å²) in [4.78, 5) is 63.5. The maximum Gasteiger partial charge on any atom is 0.352 e.